The minimum Gasteiger partial charge on any atom is -0.351 e. The van der Waals surface area contributed by atoms with Crippen molar-refractivity contribution in [1.82, 2.24) is 10.2 Å². The second-order valence-corrected chi connectivity index (χ2v) is 8.07. The van der Waals surface area contributed by atoms with Crippen LogP contribution < -0.4 is 5.32 Å². The number of rotatable bonds is 6. The number of benzene rings is 1. The molecule has 8 heteroatoms. The molecule has 6 nitrogen and oxygen atoms in total. The third-order valence-electron chi connectivity index (χ3n) is 3.97. The number of sulfone groups is 1. The van der Waals surface area contributed by atoms with Gasteiger partial charge in [0.1, 0.15) is 5.82 Å². The molecule has 24 heavy (non-hydrogen) atoms. The van der Waals surface area contributed by atoms with E-state index in [-0.39, 0.29) is 35.9 Å². The Morgan fingerprint density at radius 2 is 2.04 bits per heavy atom. The van der Waals surface area contributed by atoms with Gasteiger partial charge in [-0.15, -0.1) is 0 Å². The zero-order valence-corrected chi connectivity index (χ0v) is 14.3. The Morgan fingerprint density at radius 3 is 2.62 bits per heavy atom. The molecule has 0 radical (unpaired) electrons. The predicted molar refractivity (Wildman–Crippen MR) is 87.6 cm³/mol. The zero-order valence-electron chi connectivity index (χ0n) is 13.5. The van der Waals surface area contributed by atoms with Crippen molar-refractivity contribution in [2.75, 3.05) is 24.6 Å². The van der Waals surface area contributed by atoms with E-state index in [2.05, 4.69) is 5.32 Å². The van der Waals surface area contributed by atoms with Gasteiger partial charge in [0.15, 0.2) is 9.84 Å². The van der Waals surface area contributed by atoms with Crippen LogP contribution in [0.4, 0.5) is 4.39 Å². The highest BCUT2D eigenvalue weighted by molar-refractivity contribution is 7.91. The van der Waals surface area contributed by atoms with E-state index in [0.717, 1.165) is 0 Å². The van der Waals surface area contributed by atoms with Gasteiger partial charge in [-0.3, -0.25) is 9.59 Å². The first-order valence-corrected chi connectivity index (χ1v) is 9.64. The Kier molecular flexibility index (Phi) is 5.93. The predicted octanol–water partition coefficient (Wildman–Crippen LogP) is 0.520. The molecule has 0 saturated carbocycles. The standard InChI is InChI=1S/C16H21FN2O4S/c1-2-19(16(21)9-12-5-3-4-6-14(12)17)10-15(20)18-13-7-8-24(22,23)11-13/h3-6,13H,2,7-11H2,1H3,(H,18,20)/t13-/m1/s1. The molecule has 2 amide bonds. The van der Waals surface area contributed by atoms with Crippen molar-refractivity contribution in [3.8, 4) is 0 Å². The van der Waals surface area contributed by atoms with E-state index in [9.17, 15) is 22.4 Å². The number of halogens is 1. The number of likely N-dealkylation sites (N-methyl/N-ethyl adjacent to an activating group) is 1. The van der Waals surface area contributed by atoms with Gasteiger partial charge < -0.3 is 10.2 Å². The van der Waals surface area contributed by atoms with Crippen molar-refractivity contribution < 1.29 is 22.4 Å². The fraction of sp³-hybridized carbons (Fsp3) is 0.500. The summed E-state index contributed by atoms with van der Waals surface area (Å²) in [6.45, 7) is 1.87. The molecule has 1 aliphatic heterocycles. The van der Waals surface area contributed by atoms with Gasteiger partial charge in [0.05, 0.1) is 24.5 Å². The van der Waals surface area contributed by atoms with Crippen molar-refractivity contribution in [1.29, 1.82) is 0 Å². The molecule has 1 aromatic rings. The van der Waals surface area contributed by atoms with E-state index in [1.54, 1.807) is 19.1 Å². The maximum atomic E-state index is 13.6. The van der Waals surface area contributed by atoms with Crippen LogP contribution in [0.15, 0.2) is 24.3 Å². The van der Waals surface area contributed by atoms with E-state index < -0.39 is 27.6 Å². The number of carbonyl (C=O) groups excluding carboxylic acids is 2. The largest absolute Gasteiger partial charge is 0.351 e. The van der Waals surface area contributed by atoms with E-state index in [4.69, 9.17) is 0 Å². The molecule has 1 aromatic carbocycles. The van der Waals surface area contributed by atoms with Crippen LogP contribution in [0.5, 0.6) is 0 Å². The molecular formula is C16H21FN2O4S. The second-order valence-electron chi connectivity index (χ2n) is 5.84. The Morgan fingerprint density at radius 1 is 1.33 bits per heavy atom. The van der Waals surface area contributed by atoms with Gasteiger partial charge in [-0.2, -0.15) is 0 Å². The SMILES string of the molecule is CCN(CC(=O)N[C@@H]1CCS(=O)(=O)C1)C(=O)Cc1ccccc1F. The summed E-state index contributed by atoms with van der Waals surface area (Å²) >= 11 is 0. The molecule has 1 heterocycles. The van der Waals surface area contributed by atoms with Gasteiger partial charge in [0.2, 0.25) is 11.8 Å². The number of hydrogen-bond donors (Lipinski definition) is 1. The van der Waals surface area contributed by atoms with Gasteiger partial charge in [-0.25, -0.2) is 12.8 Å². The monoisotopic (exact) mass is 356 g/mol. The smallest absolute Gasteiger partial charge is 0.239 e. The molecule has 2 rings (SSSR count). The molecule has 0 aliphatic carbocycles. The number of hydrogen-bond acceptors (Lipinski definition) is 4. The van der Waals surface area contributed by atoms with Crippen LogP contribution in [-0.4, -0.2) is 55.8 Å². The molecule has 1 fully saturated rings. The minimum absolute atomic E-state index is 0.0615. The lowest BCUT2D eigenvalue weighted by Gasteiger charge is -2.21. The van der Waals surface area contributed by atoms with E-state index >= 15 is 0 Å². The van der Waals surface area contributed by atoms with Crippen LogP contribution in [0.3, 0.4) is 0 Å². The lowest BCUT2D eigenvalue weighted by Crippen LogP contribution is -2.45. The lowest BCUT2D eigenvalue weighted by atomic mass is 10.1. The maximum Gasteiger partial charge on any atom is 0.239 e. The number of amides is 2. The first kappa shape index (κ1) is 18.4. The Balaban J connectivity index is 1.90. The van der Waals surface area contributed by atoms with Crippen molar-refractivity contribution in [3.63, 3.8) is 0 Å². The molecular weight excluding hydrogens is 335 g/mol. The minimum atomic E-state index is -3.07. The second kappa shape index (κ2) is 7.74. The van der Waals surface area contributed by atoms with Crippen LogP contribution in [0.1, 0.15) is 18.9 Å². The Labute approximate surface area is 140 Å². The quantitative estimate of drug-likeness (QED) is 0.805. The van der Waals surface area contributed by atoms with Crippen molar-refractivity contribution in [2.24, 2.45) is 0 Å². The third kappa shape index (κ3) is 5.02. The van der Waals surface area contributed by atoms with Crippen molar-refractivity contribution in [3.05, 3.63) is 35.6 Å². The fourth-order valence-corrected chi connectivity index (χ4v) is 4.32. The maximum absolute atomic E-state index is 13.6. The van der Waals surface area contributed by atoms with Gasteiger partial charge in [0, 0.05) is 12.6 Å². The van der Waals surface area contributed by atoms with Crippen LogP contribution in [0.25, 0.3) is 0 Å². The van der Waals surface area contributed by atoms with Gasteiger partial charge >= 0.3 is 0 Å². The van der Waals surface area contributed by atoms with Crippen LogP contribution >= 0.6 is 0 Å². The van der Waals surface area contributed by atoms with Crippen LogP contribution in [-0.2, 0) is 25.8 Å². The van der Waals surface area contributed by atoms with Gasteiger partial charge in [-0.1, -0.05) is 18.2 Å². The summed E-state index contributed by atoms with van der Waals surface area (Å²) in [5, 5.41) is 2.64. The van der Waals surface area contributed by atoms with Gasteiger partial charge in [0.25, 0.3) is 0 Å². The highest BCUT2D eigenvalue weighted by Crippen LogP contribution is 2.12. The molecule has 132 valence electrons. The average molecular weight is 356 g/mol. The summed E-state index contributed by atoms with van der Waals surface area (Å²) in [4.78, 5) is 25.6. The number of carbonyl (C=O) groups is 2. The normalized spacial score (nSPS) is 19.0. The topological polar surface area (TPSA) is 83.6 Å². The van der Waals surface area contributed by atoms with Crippen LogP contribution in [0, 0.1) is 5.82 Å². The first-order chi connectivity index (χ1) is 11.3. The summed E-state index contributed by atoms with van der Waals surface area (Å²) < 4.78 is 36.4. The third-order valence-corrected chi connectivity index (χ3v) is 5.73. The first-order valence-electron chi connectivity index (χ1n) is 7.81. The number of nitrogens with one attached hydrogen (secondary N) is 1. The molecule has 1 saturated heterocycles. The molecule has 1 N–H and O–H groups in total. The summed E-state index contributed by atoms with van der Waals surface area (Å²) in [5.74, 6) is -1.20. The average Bonchev–Trinajstić information content (AvgIpc) is 2.85. The summed E-state index contributed by atoms with van der Waals surface area (Å²) in [7, 11) is -3.07. The molecule has 0 spiro atoms. The molecule has 0 bridgehead atoms. The lowest BCUT2D eigenvalue weighted by molar-refractivity contribution is -0.135. The highest BCUT2D eigenvalue weighted by atomic mass is 32.2. The van der Waals surface area contributed by atoms with Crippen molar-refractivity contribution in [2.45, 2.75) is 25.8 Å². The molecule has 1 atom stereocenters. The Hall–Kier alpha value is -1.96. The van der Waals surface area contributed by atoms with Crippen molar-refractivity contribution >= 4 is 21.7 Å². The van der Waals surface area contributed by atoms with E-state index in [1.807, 2.05) is 0 Å². The highest BCUT2D eigenvalue weighted by Gasteiger charge is 2.29. The number of nitrogens with zero attached hydrogens (tertiary/aromatic N) is 1. The molecule has 0 unspecified atom stereocenters. The van der Waals surface area contributed by atoms with Gasteiger partial charge in [-0.05, 0) is 25.0 Å². The van der Waals surface area contributed by atoms with E-state index in [0.29, 0.717) is 13.0 Å². The summed E-state index contributed by atoms with van der Waals surface area (Å²) in [5.41, 5.74) is 0.281. The fourth-order valence-electron chi connectivity index (χ4n) is 2.65. The van der Waals surface area contributed by atoms with E-state index in [1.165, 1.54) is 17.0 Å². The van der Waals surface area contributed by atoms with Crippen LogP contribution in [0.2, 0.25) is 0 Å². The summed E-state index contributed by atoms with van der Waals surface area (Å²) in [6.07, 6.45) is 0.273. The Bertz CT molecular complexity index is 721. The summed E-state index contributed by atoms with van der Waals surface area (Å²) in [6, 6.07) is 5.61. The zero-order chi connectivity index (χ0) is 17.7. The molecule has 1 aliphatic rings. The molecule has 0 aromatic heterocycles.